The van der Waals surface area contributed by atoms with Crippen LogP contribution in [-0.4, -0.2) is 35.5 Å². The van der Waals surface area contributed by atoms with Crippen LogP contribution in [0.3, 0.4) is 0 Å². The summed E-state index contributed by atoms with van der Waals surface area (Å²) in [4.78, 5) is 12.4. The van der Waals surface area contributed by atoms with E-state index in [4.69, 9.17) is 9.47 Å². The maximum absolute atomic E-state index is 12.4. The number of anilines is 2. The number of nitrogens with zero attached hydrogens (tertiary/aromatic N) is 2. The number of ether oxygens (including phenoxy) is 2. The molecule has 0 aliphatic rings. The number of H-pyrrole nitrogens is 1. The Bertz CT molecular complexity index is 859. The van der Waals surface area contributed by atoms with Crippen LogP contribution in [0, 0.1) is 0 Å². The molecule has 8 nitrogen and oxygen atoms in total. The summed E-state index contributed by atoms with van der Waals surface area (Å²) in [5.74, 6) is 1.53. The molecule has 0 bridgehead atoms. The zero-order valence-corrected chi connectivity index (χ0v) is 14.4. The number of aromatic nitrogens is 3. The Balaban J connectivity index is 1.63. The van der Waals surface area contributed by atoms with Crippen molar-refractivity contribution >= 4 is 17.4 Å². The minimum atomic E-state index is -0.328. The first-order valence-corrected chi connectivity index (χ1v) is 7.92. The van der Waals surface area contributed by atoms with Crippen LogP contribution in [0.25, 0.3) is 0 Å². The number of nitrogens with one attached hydrogen (secondary N) is 3. The van der Waals surface area contributed by atoms with E-state index in [1.807, 2.05) is 48.5 Å². The summed E-state index contributed by atoms with van der Waals surface area (Å²) >= 11 is 0. The average molecular weight is 353 g/mol. The highest BCUT2D eigenvalue weighted by Gasteiger charge is 2.16. The van der Waals surface area contributed by atoms with Gasteiger partial charge in [0.25, 0.3) is 5.91 Å². The lowest BCUT2D eigenvalue weighted by atomic mass is 10.2. The molecule has 1 amide bonds. The van der Waals surface area contributed by atoms with E-state index in [1.54, 1.807) is 14.2 Å². The monoisotopic (exact) mass is 353 g/mol. The van der Waals surface area contributed by atoms with E-state index in [1.165, 1.54) is 0 Å². The van der Waals surface area contributed by atoms with Crippen LogP contribution < -0.4 is 20.1 Å². The van der Waals surface area contributed by atoms with Crippen LogP contribution in [0.1, 0.15) is 16.1 Å². The minimum absolute atomic E-state index is 0.189. The van der Waals surface area contributed by atoms with Crippen molar-refractivity contribution in [2.45, 2.75) is 6.54 Å². The molecular formula is C18H19N5O3. The third kappa shape index (κ3) is 4.10. The second-order valence-corrected chi connectivity index (χ2v) is 5.41. The molecule has 0 spiro atoms. The van der Waals surface area contributed by atoms with Crippen LogP contribution in [0.5, 0.6) is 11.5 Å². The molecule has 0 aliphatic heterocycles. The van der Waals surface area contributed by atoms with Gasteiger partial charge in [0.15, 0.2) is 11.5 Å². The van der Waals surface area contributed by atoms with Gasteiger partial charge in [-0.25, -0.2) is 0 Å². The Hall–Kier alpha value is -3.55. The van der Waals surface area contributed by atoms with Crippen molar-refractivity contribution in [3.8, 4) is 11.5 Å². The lowest BCUT2D eigenvalue weighted by molar-refractivity contribution is 0.0946. The van der Waals surface area contributed by atoms with E-state index in [2.05, 4.69) is 26.0 Å². The number of carbonyl (C=O) groups is 1. The summed E-state index contributed by atoms with van der Waals surface area (Å²) in [6, 6.07) is 14.7. The van der Waals surface area contributed by atoms with Crippen LogP contribution >= 0.6 is 0 Å². The van der Waals surface area contributed by atoms with Gasteiger partial charge >= 0.3 is 0 Å². The minimum Gasteiger partial charge on any atom is -0.497 e. The van der Waals surface area contributed by atoms with Gasteiger partial charge in [-0.2, -0.15) is 5.21 Å². The Morgan fingerprint density at radius 3 is 2.19 bits per heavy atom. The van der Waals surface area contributed by atoms with Gasteiger partial charge in [-0.15, -0.1) is 10.2 Å². The lowest BCUT2D eigenvalue weighted by Gasteiger charge is -2.07. The number of hydrogen-bond acceptors (Lipinski definition) is 6. The van der Waals surface area contributed by atoms with Crippen LogP contribution in [0.4, 0.5) is 11.5 Å². The number of carbonyl (C=O) groups excluding carboxylic acids is 1. The number of amides is 1. The summed E-state index contributed by atoms with van der Waals surface area (Å²) in [5, 5.41) is 16.3. The zero-order chi connectivity index (χ0) is 18.4. The molecule has 0 radical (unpaired) electrons. The maximum Gasteiger partial charge on any atom is 0.275 e. The Labute approximate surface area is 150 Å². The standard InChI is InChI=1S/C18H19N5O3/c1-25-14-7-3-12(4-8-14)11-19-18(24)16-17(22-23-21-16)20-13-5-9-15(26-2)10-6-13/h3-10H,11H2,1-2H3,(H,19,24)(H2,20,21,22,23). The number of aromatic amines is 1. The van der Waals surface area contributed by atoms with Crippen molar-refractivity contribution in [1.82, 2.24) is 20.7 Å². The summed E-state index contributed by atoms with van der Waals surface area (Å²) in [6.45, 7) is 0.373. The summed E-state index contributed by atoms with van der Waals surface area (Å²) in [7, 11) is 3.21. The SMILES string of the molecule is COc1ccc(CNC(=O)c2n[nH]nc2Nc2ccc(OC)cc2)cc1. The predicted octanol–water partition coefficient (Wildman–Crippen LogP) is 2.50. The average Bonchev–Trinajstić information content (AvgIpc) is 3.15. The molecule has 134 valence electrons. The molecule has 1 aromatic heterocycles. The fourth-order valence-corrected chi connectivity index (χ4v) is 2.30. The van der Waals surface area contributed by atoms with Gasteiger partial charge in [0, 0.05) is 12.2 Å². The lowest BCUT2D eigenvalue weighted by Crippen LogP contribution is -2.24. The third-order valence-electron chi connectivity index (χ3n) is 3.73. The van der Waals surface area contributed by atoms with E-state index >= 15 is 0 Å². The van der Waals surface area contributed by atoms with E-state index < -0.39 is 0 Å². The molecule has 8 heteroatoms. The third-order valence-corrected chi connectivity index (χ3v) is 3.73. The van der Waals surface area contributed by atoms with Crippen LogP contribution in [0.15, 0.2) is 48.5 Å². The normalized spacial score (nSPS) is 10.2. The highest BCUT2D eigenvalue weighted by Crippen LogP contribution is 2.20. The van der Waals surface area contributed by atoms with Crippen molar-refractivity contribution < 1.29 is 14.3 Å². The van der Waals surface area contributed by atoms with Gasteiger partial charge in [-0.3, -0.25) is 4.79 Å². The molecule has 0 fully saturated rings. The molecule has 3 N–H and O–H groups in total. The number of rotatable bonds is 7. The first kappa shape index (κ1) is 17.3. The molecule has 3 rings (SSSR count). The van der Waals surface area contributed by atoms with Crippen molar-refractivity contribution in [2.75, 3.05) is 19.5 Å². The van der Waals surface area contributed by atoms with Crippen molar-refractivity contribution in [1.29, 1.82) is 0 Å². The molecule has 26 heavy (non-hydrogen) atoms. The Morgan fingerprint density at radius 2 is 1.58 bits per heavy atom. The fraction of sp³-hybridized carbons (Fsp3) is 0.167. The fourth-order valence-electron chi connectivity index (χ4n) is 2.30. The second kappa shape index (κ2) is 8.02. The molecule has 0 saturated heterocycles. The van der Waals surface area contributed by atoms with E-state index in [-0.39, 0.29) is 11.6 Å². The van der Waals surface area contributed by atoms with Gasteiger partial charge in [0.05, 0.1) is 14.2 Å². The molecule has 0 saturated carbocycles. The smallest absolute Gasteiger partial charge is 0.275 e. The van der Waals surface area contributed by atoms with Crippen LogP contribution in [-0.2, 0) is 6.54 Å². The van der Waals surface area contributed by atoms with E-state index in [0.717, 1.165) is 22.7 Å². The maximum atomic E-state index is 12.4. The van der Waals surface area contributed by atoms with Gasteiger partial charge in [-0.1, -0.05) is 12.1 Å². The predicted molar refractivity (Wildman–Crippen MR) is 96.8 cm³/mol. The first-order valence-electron chi connectivity index (χ1n) is 7.92. The number of methoxy groups -OCH3 is 2. The Kier molecular flexibility index (Phi) is 5.33. The summed E-state index contributed by atoms with van der Waals surface area (Å²) in [6.07, 6.45) is 0. The molecule has 0 aliphatic carbocycles. The highest BCUT2D eigenvalue weighted by molar-refractivity contribution is 5.97. The van der Waals surface area contributed by atoms with Gasteiger partial charge in [-0.05, 0) is 42.0 Å². The number of benzene rings is 2. The molecule has 3 aromatic rings. The van der Waals surface area contributed by atoms with Crippen molar-refractivity contribution in [2.24, 2.45) is 0 Å². The highest BCUT2D eigenvalue weighted by atomic mass is 16.5. The quantitative estimate of drug-likeness (QED) is 0.603. The van der Waals surface area contributed by atoms with Gasteiger partial charge < -0.3 is 20.1 Å². The first-order chi connectivity index (χ1) is 12.7. The van der Waals surface area contributed by atoms with E-state index in [9.17, 15) is 4.79 Å². The zero-order valence-electron chi connectivity index (χ0n) is 14.4. The summed E-state index contributed by atoms with van der Waals surface area (Å²) in [5.41, 5.74) is 1.91. The molecule has 2 aromatic carbocycles. The molecular weight excluding hydrogens is 334 g/mol. The topological polar surface area (TPSA) is 101 Å². The van der Waals surface area contributed by atoms with Crippen molar-refractivity contribution in [3.05, 3.63) is 59.8 Å². The number of hydrogen-bond donors (Lipinski definition) is 3. The van der Waals surface area contributed by atoms with E-state index in [0.29, 0.717) is 12.4 Å². The summed E-state index contributed by atoms with van der Waals surface area (Å²) < 4.78 is 10.2. The Morgan fingerprint density at radius 1 is 0.962 bits per heavy atom. The van der Waals surface area contributed by atoms with Crippen LogP contribution in [0.2, 0.25) is 0 Å². The molecule has 1 heterocycles. The second-order valence-electron chi connectivity index (χ2n) is 5.41. The largest absolute Gasteiger partial charge is 0.497 e. The van der Waals surface area contributed by atoms with Crippen molar-refractivity contribution in [3.63, 3.8) is 0 Å². The molecule has 0 unspecified atom stereocenters. The molecule has 0 atom stereocenters. The van der Waals surface area contributed by atoms with Gasteiger partial charge in [0.1, 0.15) is 11.5 Å². The van der Waals surface area contributed by atoms with Gasteiger partial charge in [0.2, 0.25) is 0 Å².